The Morgan fingerprint density at radius 2 is 2.37 bits per heavy atom. The maximum atomic E-state index is 11.7. The van der Waals surface area contributed by atoms with E-state index < -0.39 is 0 Å². The topological polar surface area (TPSA) is 137 Å². The molecule has 0 spiro atoms. The molecule has 2 rings (SSSR count). The Balaban J connectivity index is 1.88. The fraction of sp³-hybridized carbons (Fsp3) is 0.250. The van der Waals surface area contributed by atoms with Gasteiger partial charge in [-0.25, -0.2) is 15.5 Å². The molecule has 0 unspecified atom stereocenters. The van der Waals surface area contributed by atoms with Gasteiger partial charge in [0, 0.05) is 5.38 Å². The van der Waals surface area contributed by atoms with E-state index >= 15 is 0 Å². The number of carbonyl (C=O) groups is 1. The van der Waals surface area contributed by atoms with E-state index in [9.17, 15) is 4.79 Å². The summed E-state index contributed by atoms with van der Waals surface area (Å²) in [5, 5.41) is 13.0. The molecule has 0 aliphatic rings. The fourth-order valence-corrected chi connectivity index (χ4v) is 2.53. The van der Waals surface area contributed by atoms with E-state index in [2.05, 4.69) is 25.9 Å². The highest BCUT2D eigenvalue weighted by atomic mass is 32.2. The van der Waals surface area contributed by atoms with E-state index in [1.807, 2.05) is 12.3 Å². The lowest BCUT2D eigenvalue weighted by molar-refractivity contribution is -0.113. The summed E-state index contributed by atoms with van der Waals surface area (Å²) in [5.74, 6) is 11.0. The monoisotopic (exact) mass is 300 g/mol. The first-order valence-corrected chi connectivity index (χ1v) is 6.98. The number of rotatable bonds is 5. The predicted octanol–water partition coefficient (Wildman–Crippen LogP) is -0.227. The summed E-state index contributed by atoms with van der Waals surface area (Å²) >= 11 is 2.52. The molecule has 0 bridgehead atoms. The number of nitrogens with one attached hydrogen (secondary N) is 2. The summed E-state index contributed by atoms with van der Waals surface area (Å²) in [4.78, 5) is 15.8. The lowest BCUT2D eigenvalue weighted by Crippen LogP contribution is -2.19. The van der Waals surface area contributed by atoms with Crippen molar-refractivity contribution in [2.75, 3.05) is 22.3 Å². The smallest absolute Gasteiger partial charge is 0.258 e. The zero-order valence-electron chi connectivity index (χ0n) is 9.95. The molecular formula is C8H12N8OS2. The molecule has 1 amide bonds. The molecule has 0 aliphatic carbocycles. The number of thiazole rings is 1. The summed E-state index contributed by atoms with van der Waals surface area (Å²) in [6, 6.07) is 0. The van der Waals surface area contributed by atoms with Gasteiger partial charge in [-0.15, -0.1) is 21.5 Å². The van der Waals surface area contributed by atoms with Crippen molar-refractivity contribution in [2.45, 2.75) is 12.1 Å². The number of hydrogen-bond donors (Lipinski definition) is 4. The summed E-state index contributed by atoms with van der Waals surface area (Å²) in [7, 11) is 0. The van der Waals surface area contributed by atoms with E-state index in [0.29, 0.717) is 10.3 Å². The number of nitrogens with zero attached hydrogens (tertiary/aromatic N) is 4. The van der Waals surface area contributed by atoms with Crippen molar-refractivity contribution in [3.63, 3.8) is 0 Å². The second kappa shape index (κ2) is 5.86. The number of carbonyl (C=O) groups excluding carboxylic acids is 1. The highest BCUT2D eigenvalue weighted by Gasteiger charge is 2.12. The number of thioether (sulfide) groups is 1. The van der Waals surface area contributed by atoms with E-state index in [4.69, 9.17) is 11.7 Å². The zero-order chi connectivity index (χ0) is 13.8. The fourth-order valence-electron chi connectivity index (χ4n) is 1.17. The predicted molar refractivity (Wildman–Crippen MR) is 74.2 cm³/mol. The van der Waals surface area contributed by atoms with Gasteiger partial charge < -0.3 is 11.2 Å². The second-order valence-electron chi connectivity index (χ2n) is 3.45. The van der Waals surface area contributed by atoms with Crippen LogP contribution in [0.2, 0.25) is 0 Å². The number of aromatic nitrogens is 4. The van der Waals surface area contributed by atoms with Crippen molar-refractivity contribution in [1.29, 1.82) is 0 Å². The molecule has 0 aliphatic heterocycles. The van der Waals surface area contributed by atoms with Crippen LogP contribution in [-0.4, -0.2) is 31.5 Å². The van der Waals surface area contributed by atoms with Gasteiger partial charge in [0.05, 0.1) is 11.4 Å². The lowest BCUT2D eigenvalue weighted by atomic mass is 10.6. The van der Waals surface area contributed by atoms with Crippen molar-refractivity contribution >= 4 is 40.1 Å². The lowest BCUT2D eigenvalue weighted by Gasteiger charge is -2.02. The Bertz CT molecular complexity index is 579. The third-order valence-electron chi connectivity index (χ3n) is 1.99. The van der Waals surface area contributed by atoms with Gasteiger partial charge in [0.2, 0.25) is 11.1 Å². The Hall–Kier alpha value is -1.85. The Labute approximate surface area is 116 Å². The zero-order valence-corrected chi connectivity index (χ0v) is 11.6. The molecule has 9 nitrogen and oxygen atoms in total. The molecule has 2 aromatic rings. The summed E-state index contributed by atoms with van der Waals surface area (Å²) in [6.07, 6.45) is 0. The van der Waals surface area contributed by atoms with Gasteiger partial charge >= 0.3 is 0 Å². The highest BCUT2D eigenvalue weighted by molar-refractivity contribution is 7.99. The van der Waals surface area contributed by atoms with Gasteiger partial charge in [-0.1, -0.05) is 11.8 Å². The molecule has 2 heterocycles. The molecule has 11 heteroatoms. The Morgan fingerprint density at radius 3 is 2.95 bits per heavy atom. The van der Waals surface area contributed by atoms with Crippen LogP contribution >= 0.6 is 23.1 Å². The van der Waals surface area contributed by atoms with Crippen LogP contribution in [0.25, 0.3) is 0 Å². The van der Waals surface area contributed by atoms with E-state index in [0.717, 1.165) is 17.5 Å². The average Bonchev–Trinajstić information content (AvgIpc) is 2.93. The first-order valence-electron chi connectivity index (χ1n) is 5.12. The Morgan fingerprint density at radius 1 is 1.58 bits per heavy atom. The van der Waals surface area contributed by atoms with Gasteiger partial charge in [-0.05, 0) is 6.92 Å². The van der Waals surface area contributed by atoms with Crippen LogP contribution in [0.15, 0.2) is 10.5 Å². The van der Waals surface area contributed by atoms with Gasteiger partial charge in [0.25, 0.3) is 5.95 Å². The molecule has 0 aromatic carbocycles. The maximum absolute atomic E-state index is 11.7. The number of nitrogens with two attached hydrogens (primary N) is 2. The standard InChI is InChI=1S/C8H12N8OS2/c1-4-2-18-7(11-4)12-5(17)3-19-8-15-14-6(13-9)16(8)10/h2H,3,9-10H2,1H3,(H,13,14)(H,11,12,17). The van der Waals surface area contributed by atoms with E-state index in [1.165, 1.54) is 16.0 Å². The largest absolute Gasteiger partial charge is 0.334 e. The van der Waals surface area contributed by atoms with Crippen LogP contribution in [0.1, 0.15) is 5.69 Å². The van der Waals surface area contributed by atoms with Crippen LogP contribution < -0.4 is 22.4 Å². The molecule has 0 atom stereocenters. The summed E-state index contributed by atoms with van der Waals surface area (Å²) in [6.45, 7) is 1.86. The number of nitrogen functional groups attached to an aromatic ring is 2. The molecule has 0 radical (unpaired) electrons. The van der Waals surface area contributed by atoms with Crippen molar-refractivity contribution in [3.05, 3.63) is 11.1 Å². The number of amides is 1. The molecular weight excluding hydrogens is 288 g/mol. The molecule has 102 valence electrons. The molecule has 2 aromatic heterocycles. The van der Waals surface area contributed by atoms with E-state index in [-0.39, 0.29) is 17.6 Å². The summed E-state index contributed by atoms with van der Waals surface area (Å²) < 4.78 is 1.17. The van der Waals surface area contributed by atoms with Gasteiger partial charge in [0.15, 0.2) is 5.13 Å². The van der Waals surface area contributed by atoms with Crippen LogP contribution in [0, 0.1) is 6.92 Å². The van der Waals surface area contributed by atoms with Crippen molar-refractivity contribution < 1.29 is 4.79 Å². The minimum Gasteiger partial charge on any atom is -0.334 e. The third kappa shape index (κ3) is 3.33. The van der Waals surface area contributed by atoms with Crippen LogP contribution in [0.3, 0.4) is 0 Å². The van der Waals surface area contributed by atoms with Gasteiger partial charge in [-0.3, -0.25) is 10.2 Å². The second-order valence-corrected chi connectivity index (χ2v) is 5.25. The quantitative estimate of drug-likeness (QED) is 0.338. The number of hydrogen-bond acceptors (Lipinski definition) is 9. The number of aryl methyl sites for hydroxylation is 1. The molecule has 6 N–H and O–H groups in total. The minimum absolute atomic E-state index is 0.151. The molecule has 19 heavy (non-hydrogen) atoms. The average molecular weight is 300 g/mol. The number of anilines is 2. The van der Waals surface area contributed by atoms with Crippen LogP contribution in [-0.2, 0) is 4.79 Å². The van der Waals surface area contributed by atoms with Crippen LogP contribution in [0.5, 0.6) is 0 Å². The number of hydrazine groups is 1. The third-order valence-corrected chi connectivity index (χ3v) is 3.81. The first-order chi connectivity index (χ1) is 9.10. The van der Waals surface area contributed by atoms with Gasteiger partial charge in [-0.2, -0.15) is 0 Å². The summed E-state index contributed by atoms with van der Waals surface area (Å²) in [5.41, 5.74) is 3.16. The molecule has 0 saturated carbocycles. The van der Waals surface area contributed by atoms with Crippen molar-refractivity contribution in [1.82, 2.24) is 19.9 Å². The van der Waals surface area contributed by atoms with Crippen molar-refractivity contribution in [2.24, 2.45) is 5.84 Å². The SMILES string of the molecule is Cc1csc(NC(=O)CSc2nnc(NN)n2N)n1. The normalized spacial score (nSPS) is 10.4. The molecule has 0 saturated heterocycles. The first kappa shape index (κ1) is 13.6. The van der Waals surface area contributed by atoms with Gasteiger partial charge in [0.1, 0.15) is 0 Å². The highest BCUT2D eigenvalue weighted by Crippen LogP contribution is 2.18. The van der Waals surface area contributed by atoms with Crippen molar-refractivity contribution in [3.8, 4) is 0 Å². The molecule has 0 fully saturated rings. The van der Waals surface area contributed by atoms with E-state index in [1.54, 1.807) is 0 Å². The van der Waals surface area contributed by atoms with Crippen LogP contribution in [0.4, 0.5) is 11.1 Å². The minimum atomic E-state index is -0.190. The maximum Gasteiger partial charge on any atom is 0.258 e. The Kier molecular flexibility index (Phi) is 4.19.